The van der Waals surface area contributed by atoms with Gasteiger partial charge in [-0.3, -0.25) is 19.8 Å². The number of ether oxygens (including phenoxy) is 2. The summed E-state index contributed by atoms with van der Waals surface area (Å²) in [7, 11) is 0. The zero-order valence-electron chi connectivity index (χ0n) is 15.1. The Labute approximate surface area is 147 Å². The second kappa shape index (κ2) is 8.15. The highest BCUT2D eigenvalue weighted by atomic mass is 16.6. The zero-order chi connectivity index (χ0) is 18.6. The van der Waals surface area contributed by atoms with Crippen LogP contribution in [0.15, 0.2) is 12.1 Å². The number of nitrogens with one attached hydrogen (secondary N) is 1. The average Bonchev–Trinajstić information content (AvgIpc) is 2.56. The topological polar surface area (TPSA) is 93.9 Å². The second-order valence-corrected chi connectivity index (χ2v) is 6.45. The van der Waals surface area contributed by atoms with Gasteiger partial charge in [-0.1, -0.05) is 0 Å². The normalized spacial score (nSPS) is 13.4. The van der Waals surface area contributed by atoms with Crippen LogP contribution in [0.2, 0.25) is 0 Å². The lowest BCUT2D eigenvalue weighted by Gasteiger charge is -2.30. The first-order valence-electron chi connectivity index (χ1n) is 8.43. The predicted octanol–water partition coefficient (Wildman–Crippen LogP) is 2.21. The first-order chi connectivity index (χ1) is 11.8. The summed E-state index contributed by atoms with van der Waals surface area (Å²) < 4.78 is 10.8. The van der Waals surface area contributed by atoms with Crippen molar-refractivity contribution in [2.75, 3.05) is 26.3 Å². The summed E-state index contributed by atoms with van der Waals surface area (Å²) in [5.41, 5.74) is -0.304. The summed E-state index contributed by atoms with van der Waals surface area (Å²) in [4.78, 5) is 25.4. The standard InChI is InChI=1S/C17H25N3O5/c1-11(2)19(12(3)4)6-5-18-17(21)13-9-15-16(25-8-7-24-15)10-14(13)20(22)23/h9-12H,5-8H2,1-4H3,(H,18,21). The predicted molar refractivity (Wildman–Crippen MR) is 93.4 cm³/mol. The number of nitrogens with zero attached hydrogens (tertiary/aromatic N) is 2. The molecule has 1 aromatic rings. The Hall–Kier alpha value is -2.35. The van der Waals surface area contributed by atoms with E-state index in [1.54, 1.807) is 0 Å². The van der Waals surface area contributed by atoms with Gasteiger partial charge in [0.2, 0.25) is 0 Å². The quantitative estimate of drug-likeness (QED) is 0.598. The third-order valence-corrected chi connectivity index (χ3v) is 4.08. The maximum atomic E-state index is 12.4. The van der Waals surface area contributed by atoms with Crippen molar-refractivity contribution < 1.29 is 19.2 Å². The van der Waals surface area contributed by atoms with Gasteiger partial charge in [0.15, 0.2) is 11.5 Å². The molecule has 0 aliphatic carbocycles. The van der Waals surface area contributed by atoms with Gasteiger partial charge in [-0.05, 0) is 27.7 Å². The van der Waals surface area contributed by atoms with Crippen molar-refractivity contribution in [1.82, 2.24) is 10.2 Å². The van der Waals surface area contributed by atoms with Crippen molar-refractivity contribution in [3.05, 3.63) is 27.8 Å². The molecule has 1 heterocycles. The summed E-state index contributed by atoms with van der Waals surface area (Å²) in [6.07, 6.45) is 0. The Morgan fingerprint density at radius 3 is 2.28 bits per heavy atom. The van der Waals surface area contributed by atoms with Gasteiger partial charge >= 0.3 is 0 Å². The minimum atomic E-state index is -0.582. The molecule has 0 aromatic heterocycles. The van der Waals surface area contributed by atoms with Gasteiger partial charge in [0, 0.05) is 31.2 Å². The van der Waals surface area contributed by atoms with Crippen LogP contribution in [-0.4, -0.2) is 54.1 Å². The van der Waals surface area contributed by atoms with E-state index in [1.165, 1.54) is 12.1 Å². The minimum absolute atomic E-state index is 0.0186. The highest BCUT2D eigenvalue weighted by Gasteiger charge is 2.26. The third kappa shape index (κ3) is 4.60. The lowest BCUT2D eigenvalue weighted by atomic mass is 10.1. The Balaban J connectivity index is 2.11. The summed E-state index contributed by atoms with van der Waals surface area (Å²) >= 11 is 0. The van der Waals surface area contributed by atoms with Crippen molar-refractivity contribution in [3.63, 3.8) is 0 Å². The molecule has 25 heavy (non-hydrogen) atoms. The minimum Gasteiger partial charge on any atom is -0.486 e. The zero-order valence-corrected chi connectivity index (χ0v) is 15.1. The fraction of sp³-hybridized carbons (Fsp3) is 0.588. The fourth-order valence-electron chi connectivity index (χ4n) is 2.92. The van der Waals surface area contributed by atoms with Crippen LogP contribution in [0.4, 0.5) is 5.69 Å². The van der Waals surface area contributed by atoms with Crippen LogP contribution >= 0.6 is 0 Å². The molecular formula is C17H25N3O5. The number of carbonyl (C=O) groups is 1. The molecule has 0 atom stereocenters. The Morgan fingerprint density at radius 2 is 1.76 bits per heavy atom. The number of carbonyl (C=O) groups excluding carboxylic acids is 1. The highest BCUT2D eigenvalue weighted by Crippen LogP contribution is 2.36. The number of rotatable bonds is 7. The largest absolute Gasteiger partial charge is 0.486 e. The number of benzene rings is 1. The maximum Gasteiger partial charge on any atom is 0.286 e. The molecule has 1 aromatic carbocycles. The number of fused-ring (bicyclic) bond motifs is 1. The molecule has 0 saturated carbocycles. The van der Waals surface area contributed by atoms with Crippen LogP contribution < -0.4 is 14.8 Å². The van der Waals surface area contributed by atoms with Crippen molar-refractivity contribution >= 4 is 11.6 Å². The van der Waals surface area contributed by atoms with Crippen molar-refractivity contribution in [2.24, 2.45) is 0 Å². The lowest BCUT2D eigenvalue weighted by Crippen LogP contribution is -2.42. The summed E-state index contributed by atoms with van der Waals surface area (Å²) in [6.45, 7) is 10.1. The molecule has 0 bridgehead atoms. The highest BCUT2D eigenvalue weighted by molar-refractivity contribution is 5.99. The van der Waals surface area contributed by atoms with E-state index in [1.807, 2.05) is 0 Å². The Morgan fingerprint density at radius 1 is 1.20 bits per heavy atom. The number of nitro groups is 1. The third-order valence-electron chi connectivity index (χ3n) is 4.08. The number of hydrogen-bond acceptors (Lipinski definition) is 6. The Kier molecular flexibility index (Phi) is 6.19. The lowest BCUT2D eigenvalue weighted by molar-refractivity contribution is -0.385. The van der Waals surface area contributed by atoms with E-state index in [0.29, 0.717) is 49.9 Å². The molecule has 1 N–H and O–H groups in total. The van der Waals surface area contributed by atoms with Gasteiger partial charge in [0.1, 0.15) is 18.8 Å². The molecule has 8 heteroatoms. The van der Waals surface area contributed by atoms with Crippen molar-refractivity contribution in [3.8, 4) is 11.5 Å². The summed E-state index contributed by atoms with van der Waals surface area (Å²) in [5.74, 6) is 0.157. The fourth-order valence-corrected chi connectivity index (χ4v) is 2.92. The molecule has 1 amide bonds. The number of amides is 1. The maximum absolute atomic E-state index is 12.4. The van der Waals surface area contributed by atoms with Crippen LogP contribution in [0.3, 0.4) is 0 Å². The van der Waals surface area contributed by atoms with Crippen LogP contribution in [0.5, 0.6) is 11.5 Å². The van der Waals surface area contributed by atoms with E-state index in [4.69, 9.17) is 9.47 Å². The number of hydrogen-bond donors (Lipinski definition) is 1. The molecule has 0 unspecified atom stereocenters. The van der Waals surface area contributed by atoms with E-state index in [-0.39, 0.29) is 11.3 Å². The Bertz CT molecular complexity index is 637. The van der Waals surface area contributed by atoms with Crippen molar-refractivity contribution in [2.45, 2.75) is 39.8 Å². The second-order valence-electron chi connectivity index (χ2n) is 6.45. The van der Waals surface area contributed by atoms with E-state index in [9.17, 15) is 14.9 Å². The van der Waals surface area contributed by atoms with Gasteiger partial charge in [0.25, 0.3) is 11.6 Å². The molecular weight excluding hydrogens is 326 g/mol. The van der Waals surface area contributed by atoms with Crippen LogP contribution in [0.1, 0.15) is 38.1 Å². The molecule has 2 rings (SSSR count). The van der Waals surface area contributed by atoms with E-state index >= 15 is 0 Å². The number of nitro benzene ring substituents is 1. The van der Waals surface area contributed by atoms with Crippen molar-refractivity contribution in [1.29, 1.82) is 0 Å². The summed E-state index contributed by atoms with van der Waals surface area (Å²) in [6, 6.07) is 3.32. The van der Waals surface area contributed by atoms with Crippen LogP contribution in [-0.2, 0) is 0 Å². The van der Waals surface area contributed by atoms with Crippen LogP contribution in [0.25, 0.3) is 0 Å². The molecule has 0 radical (unpaired) electrons. The average molecular weight is 351 g/mol. The molecule has 1 aliphatic heterocycles. The van der Waals surface area contributed by atoms with Gasteiger partial charge in [-0.15, -0.1) is 0 Å². The molecule has 0 fully saturated rings. The van der Waals surface area contributed by atoms with Gasteiger partial charge < -0.3 is 14.8 Å². The smallest absolute Gasteiger partial charge is 0.286 e. The van der Waals surface area contributed by atoms with Gasteiger partial charge in [0.05, 0.1) is 11.0 Å². The van der Waals surface area contributed by atoms with Crippen LogP contribution in [0, 0.1) is 10.1 Å². The summed E-state index contributed by atoms with van der Waals surface area (Å²) in [5, 5.41) is 14.1. The van der Waals surface area contributed by atoms with E-state index in [2.05, 4.69) is 37.9 Å². The molecule has 1 aliphatic rings. The molecule has 8 nitrogen and oxygen atoms in total. The van der Waals surface area contributed by atoms with Gasteiger partial charge in [-0.25, -0.2) is 0 Å². The van der Waals surface area contributed by atoms with Gasteiger partial charge in [-0.2, -0.15) is 0 Å². The molecule has 0 spiro atoms. The van der Waals surface area contributed by atoms with E-state index in [0.717, 1.165) is 0 Å². The first kappa shape index (κ1) is 19.0. The van der Waals surface area contributed by atoms with E-state index < -0.39 is 10.8 Å². The monoisotopic (exact) mass is 351 g/mol. The molecule has 138 valence electrons. The SMILES string of the molecule is CC(C)N(CCNC(=O)c1cc2c(cc1[N+](=O)[O-])OCCO2)C(C)C. The molecule has 0 saturated heterocycles. The first-order valence-corrected chi connectivity index (χ1v) is 8.43.